The molecule has 3 nitrogen and oxygen atoms in total. The second-order valence-corrected chi connectivity index (χ2v) is 5.10. The average molecular weight is 241 g/mol. The summed E-state index contributed by atoms with van der Waals surface area (Å²) in [6, 6.07) is 1.19. The smallest absolute Gasteiger partial charge is 0.338 e. The number of aromatic nitrogens is 1. The summed E-state index contributed by atoms with van der Waals surface area (Å²) in [5, 5.41) is 9.37. The highest BCUT2D eigenvalue weighted by atomic mass is 32.2. The van der Waals surface area contributed by atoms with Crippen LogP contribution in [0.1, 0.15) is 36.0 Å². The maximum atomic E-state index is 13.7. The van der Waals surface area contributed by atoms with Gasteiger partial charge in [0.25, 0.3) is 0 Å². The van der Waals surface area contributed by atoms with Crippen LogP contribution in [0.2, 0.25) is 0 Å². The summed E-state index contributed by atoms with van der Waals surface area (Å²) in [5.41, 5.74) is -0.296. The largest absolute Gasteiger partial charge is 0.478 e. The lowest BCUT2D eigenvalue weighted by Gasteiger charge is -2.09. The summed E-state index contributed by atoms with van der Waals surface area (Å²) in [5.74, 6) is -1.94. The van der Waals surface area contributed by atoms with Crippen LogP contribution in [0.25, 0.3) is 0 Å². The molecule has 1 aliphatic rings. The van der Waals surface area contributed by atoms with Crippen LogP contribution in [0, 0.1) is 5.82 Å². The monoisotopic (exact) mass is 241 g/mol. The minimum atomic E-state index is -1.24. The molecule has 1 saturated carbocycles. The molecule has 5 heteroatoms. The fraction of sp³-hybridized carbons (Fsp3) is 0.455. The molecule has 0 saturated heterocycles. The van der Waals surface area contributed by atoms with Crippen LogP contribution in [0.5, 0.6) is 0 Å². The van der Waals surface area contributed by atoms with Gasteiger partial charge in [-0.1, -0.05) is 12.8 Å². The third-order valence-corrected chi connectivity index (χ3v) is 3.98. The van der Waals surface area contributed by atoms with E-state index >= 15 is 0 Å². The first-order valence-corrected chi connectivity index (χ1v) is 6.11. The Bertz CT molecular complexity index is 405. The summed E-state index contributed by atoms with van der Waals surface area (Å²) in [4.78, 5) is 14.6. The second kappa shape index (κ2) is 4.82. The summed E-state index contributed by atoms with van der Waals surface area (Å²) < 4.78 is 13.7. The third kappa shape index (κ3) is 2.35. The van der Waals surface area contributed by atoms with Gasteiger partial charge in [-0.05, 0) is 18.9 Å². The lowest BCUT2D eigenvalue weighted by molar-refractivity contribution is 0.0691. The zero-order chi connectivity index (χ0) is 11.5. The van der Waals surface area contributed by atoms with E-state index in [0.717, 1.165) is 25.7 Å². The summed E-state index contributed by atoms with van der Waals surface area (Å²) in [6.07, 6.45) is 5.80. The van der Waals surface area contributed by atoms with Crippen molar-refractivity contribution in [1.82, 2.24) is 4.98 Å². The normalized spacial score (nSPS) is 16.6. The molecule has 2 rings (SSSR count). The van der Waals surface area contributed by atoms with Gasteiger partial charge in [-0.3, -0.25) is 0 Å². The Morgan fingerprint density at radius 3 is 2.81 bits per heavy atom. The average Bonchev–Trinajstić information content (AvgIpc) is 2.73. The number of halogens is 1. The number of hydrogen-bond acceptors (Lipinski definition) is 3. The molecule has 0 amide bonds. The van der Waals surface area contributed by atoms with Crippen LogP contribution < -0.4 is 0 Å². The van der Waals surface area contributed by atoms with Crippen LogP contribution in [0.15, 0.2) is 17.3 Å². The Morgan fingerprint density at radius 1 is 1.50 bits per heavy atom. The minimum Gasteiger partial charge on any atom is -0.478 e. The van der Waals surface area contributed by atoms with Gasteiger partial charge in [-0.15, -0.1) is 11.8 Å². The molecule has 0 aromatic carbocycles. The van der Waals surface area contributed by atoms with Gasteiger partial charge in [0.05, 0.1) is 5.56 Å². The van der Waals surface area contributed by atoms with Crippen molar-refractivity contribution in [2.45, 2.75) is 36.0 Å². The topological polar surface area (TPSA) is 50.2 Å². The van der Waals surface area contributed by atoms with E-state index in [0.29, 0.717) is 5.25 Å². The van der Waals surface area contributed by atoms with Crippen molar-refractivity contribution in [3.05, 3.63) is 23.6 Å². The maximum Gasteiger partial charge on any atom is 0.338 e. The molecule has 0 unspecified atom stereocenters. The van der Waals surface area contributed by atoms with Crippen molar-refractivity contribution in [3.8, 4) is 0 Å². The van der Waals surface area contributed by atoms with Gasteiger partial charge in [-0.2, -0.15) is 0 Å². The number of nitrogens with zero attached hydrogens (tertiary/aromatic N) is 1. The zero-order valence-electron chi connectivity index (χ0n) is 8.65. The van der Waals surface area contributed by atoms with Crippen LogP contribution in [-0.4, -0.2) is 21.3 Å². The zero-order valence-corrected chi connectivity index (χ0v) is 9.47. The molecule has 0 radical (unpaired) electrons. The maximum absolute atomic E-state index is 13.7. The van der Waals surface area contributed by atoms with E-state index in [1.165, 1.54) is 24.0 Å². The van der Waals surface area contributed by atoms with Gasteiger partial charge in [0.15, 0.2) is 5.82 Å². The quantitative estimate of drug-likeness (QED) is 0.883. The van der Waals surface area contributed by atoms with Crippen molar-refractivity contribution in [1.29, 1.82) is 0 Å². The van der Waals surface area contributed by atoms with E-state index in [9.17, 15) is 9.18 Å². The standard InChI is InChI=1S/C11H12FNO2S/c12-9-8(11(14)15)5-6-13-10(9)16-7-3-1-2-4-7/h5-7H,1-4H2,(H,14,15). The highest BCUT2D eigenvalue weighted by Crippen LogP contribution is 2.35. The van der Waals surface area contributed by atoms with Crippen molar-refractivity contribution in [2.24, 2.45) is 0 Å². The van der Waals surface area contributed by atoms with E-state index in [-0.39, 0.29) is 10.6 Å². The Labute approximate surface area is 97.1 Å². The van der Waals surface area contributed by atoms with Gasteiger partial charge in [0.2, 0.25) is 0 Å². The predicted molar refractivity (Wildman–Crippen MR) is 59.3 cm³/mol. The van der Waals surface area contributed by atoms with Crippen molar-refractivity contribution >= 4 is 17.7 Å². The van der Waals surface area contributed by atoms with E-state index in [4.69, 9.17) is 5.11 Å². The first-order chi connectivity index (χ1) is 7.68. The molecule has 1 heterocycles. The van der Waals surface area contributed by atoms with E-state index in [2.05, 4.69) is 4.98 Å². The molecule has 1 aromatic heterocycles. The number of aromatic carboxylic acids is 1. The Balaban J connectivity index is 2.20. The fourth-order valence-electron chi connectivity index (χ4n) is 1.84. The van der Waals surface area contributed by atoms with E-state index in [1.54, 1.807) is 0 Å². The first kappa shape index (κ1) is 11.4. The second-order valence-electron chi connectivity index (χ2n) is 3.81. The fourth-order valence-corrected chi connectivity index (χ4v) is 3.06. The molecule has 0 bridgehead atoms. The molecule has 1 fully saturated rings. The van der Waals surface area contributed by atoms with Gasteiger partial charge < -0.3 is 5.11 Å². The number of rotatable bonds is 3. The van der Waals surface area contributed by atoms with Crippen LogP contribution in [0.4, 0.5) is 4.39 Å². The number of carboxylic acid groups (broad SMARTS) is 1. The molecule has 86 valence electrons. The summed E-state index contributed by atoms with van der Waals surface area (Å²) in [7, 11) is 0. The van der Waals surface area contributed by atoms with Crippen LogP contribution in [-0.2, 0) is 0 Å². The molecule has 1 aromatic rings. The molecule has 0 spiro atoms. The predicted octanol–water partition coefficient (Wildman–Crippen LogP) is 2.95. The van der Waals surface area contributed by atoms with Gasteiger partial charge in [0, 0.05) is 11.4 Å². The van der Waals surface area contributed by atoms with E-state index < -0.39 is 11.8 Å². The van der Waals surface area contributed by atoms with Crippen molar-refractivity contribution in [3.63, 3.8) is 0 Å². The van der Waals surface area contributed by atoms with Gasteiger partial charge in [0.1, 0.15) is 5.03 Å². The highest BCUT2D eigenvalue weighted by molar-refractivity contribution is 7.99. The molecular weight excluding hydrogens is 229 g/mol. The summed E-state index contributed by atoms with van der Waals surface area (Å²) >= 11 is 1.36. The van der Waals surface area contributed by atoms with Crippen molar-refractivity contribution in [2.75, 3.05) is 0 Å². The SMILES string of the molecule is O=C(O)c1ccnc(SC2CCCC2)c1F. The van der Waals surface area contributed by atoms with Crippen LogP contribution >= 0.6 is 11.8 Å². The number of pyridine rings is 1. The molecule has 0 atom stereocenters. The number of carboxylic acids is 1. The summed E-state index contributed by atoms with van der Waals surface area (Å²) in [6.45, 7) is 0. The van der Waals surface area contributed by atoms with Gasteiger partial charge >= 0.3 is 5.97 Å². The Hall–Kier alpha value is -1.10. The molecular formula is C11H12FNO2S. The first-order valence-electron chi connectivity index (χ1n) is 5.23. The third-order valence-electron chi connectivity index (χ3n) is 2.67. The number of carbonyl (C=O) groups is 1. The molecule has 16 heavy (non-hydrogen) atoms. The molecule has 0 aliphatic heterocycles. The Morgan fingerprint density at radius 2 is 2.19 bits per heavy atom. The minimum absolute atomic E-state index is 0.215. The van der Waals surface area contributed by atoms with Crippen LogP contribution in [0.3, 0.4) is 0 Å². The molecule has 1 aliphatic carbocycles. The van der Waals surface area contributed by atoms with Gasteiger partial charge in [-0.25, -0.2) is 14.2 Å². The van der Waals surface area contributed by atoms with E-state index in [1.807, 2.05) is 0 Å². The number of thioether (sulfide) groups is 1. The lowest BCUT2D eigenvalue weighted by atomic mass is 10.3. The molecule has 1 N–H and O–H groups in total. The Kier molecular flexibility index (Phi) is 3.43. The van der Waals surface area contributed by atoms with Crippen molar-refractivity contribution < 1.29 is 14.3 Å². The lowest BCUT2D eigenvalue weighted by Crippen LogP contribution is -2.04. The highest BCUT2D eigenvalue weighted by Gasteiger charge is 2.21. The number of hydrogen-bond donors (Lipinski definition) is 1.